The molecule has 1 saturated carbocycles. The van der Waals surface area contributed by atoms with Crippen molar-refractivity contribution in [1.82, 2.24) is 9.97 Å². The van der Waals surface area contributed by atoms with Crippen molar-refractivity contribution in [2.24, 2.45) is 11.8 Å². The van der Waals surface area contributed by atoms with E-state index >= 15 is 0 Å². The molecule has 1 fully saturated rings. The average molecular weight is 465 g/mol. The summed E-state index contributed by atoms with van der Waals surface area (Å²) in [6.45, 7) is 5.35. The minimum Gasteiger partial charge on any atom is -0.493 e. The lowest BCUT2D eigenvalue weighted by atomic mass is 9.77. The van der Waals surface area contributed by atoms with Crippen molar-refractivity contribution in [3.05, 3.63) is 42.4 Å². The number of unbranched alkanes of at least 4 members (excludes halogenated alkanes) is 7. The van der Waals surface area contributed by atoms with Crippen LogP contribution in [-0.4, -0.2) is 16.6 Å². The van der Waals surface area contributed by atoms with Gasteiger partial charge in [0.1, 0.15) is 12.1 Å². The highest BCUT2D eigenvalue weighted by Crippen LogP contribution is 2.36. The molecular weight excluding hydrogens is 416 g/mol. The Bertz CT molecular complexity index is 798. The Hall–Kier alpha value is -1.90. The van der Waals surface area contributed by atoms with Crippen LogP contribution >= 0.6 is 0 Å². The number of para-hydroxylation sites is 1. The van der Waals surface area contributed by atoms with Gasteiger partial charge in [-0.15, -0.1) is 0 Å². The molecule has 0 spiro atoms. The van der Waals surface area contributed by atoms with Gasteiger partial charge < -0.3 is 4.74 Å². The molecule has 3 rings (SSSR count). The minimum atomic E-state index is 0.783. The first-order chi connectivity index (χ1) is 16.8. The smallest absolute Gasteiger partial charge is 0.128 e. The molecule has 2 aromatic rings. The predicted molar refractivity (Wildman–Crippen MR) is 144 cm³/mol. The molecule has 3 heteroatoms. The molecule has 1 aromatic heterocycles. The van der Waals surface area contributed by atoms with Gasteiger partial charge in [-0.05, 0) is 48.8 Å². The number of rotatable bonds is 16. The third-order valence-corrected chi connectivity index (χ3v) is 7.69. The summed E-state index contributed by atoms with van der Waals surface area (Å²) in [5, 5.41) is 0. The second-order valence-electron chi connectivity index (χ2n) is 10.4. The second kappa shape index (κ2) is 15.9. The summed E-state index contributed by atoms with van der Waals surface area (Å²) in [5.74, 6) is 2.80. The second-order valence-corrected chi connectivity index (χ2v) is 10.4. The SMILES string of the molecule is CCCCCCCCOc1ccccc1-c1ncncc1CCC1CCC(CCCCC)CC1. The van der Waals surface area contributed by atoms with Crippen molar-refractivity contribution >= 4 is 0 Å². The Kier molecular flexibility index (Phi) is 12.5. The molecule has 1 aliphatic rings. The van der Waals surface area contributed by atoms with Gasteiger partial charge in [0.25, 0.3) is 0 Å². The van der Waals surface area contributed by atoms with E-state index in [-0.39, 0.29) is 0 Å². The van der Waals surface area contributed by atoms with Crippen molar-refractivity contribution < 1.29 is 4.74 Å². The molecule has 1 aromatic carbocycles. The van der Waals surface area contributed by atoms with Gasteiger partial charge in [0.15, 0.2) is 0 Å². The Labute approximate surface area is 209 Å². The molecule has 0 atom stereocenters. The molecule has 0 bridgehead atoms. The monoisotopic (exact) mass is 464 g/mol. The standard InChI is InChI=1S/C31H48N2O/c1-3-5-7-8-9-13-23-34-30-16-12-11-15-29(30)31-28(24-32-25-33-31)22-21-27-19-17-26(18-20-27)14-10-6-4-2/h11-12,15-16,24-27H,3-10,13-14,17-23H2,1-2H3. The van der Waals surface area contributed by atoms with Crippen LogP contribution in [0.25, 0.3) is 11.3 Å². The van der Waals surface area contributed by atoms with Crippen LogP contribution in [0.4, 0.5) is 0 Å². The molecule has 188 valence electrons. The number of aromatic nitrogens is 2. The Morgan fingerprint density at radius 2 is 1.47 bits per heavy atom. The summed E-state index contributed by atoms with van der Waals surface area (Å²) in [4.78, 5) is 9.09. The van der Waals surface area contributed by atoms with Gasteiger partial charge >= 0.3 is 0 Å². The number of nitrogens with zero attached hydrogens (tertiary/aromatic N) is 2. The number of hydrogen-bond acceptors (Lipinski definition) is 3. The van der Waals surface area contributed by atoms with Gasteiger partial charge in [-0.1, -0.05) is 109 Å². The average Bonchev–Trinajstić information content (AvgIpc) is 2.88. The summed E-state index contributed by atoms with van der Waals surface area (Å²) in [6, 6.07) is 8.42. The topological polar surface area (TPSA) is 35.0 Å². The third-order valence-electron chi connectivity index (χ3n) is 7.69. The van der Waals surface area contributed by atoms with E-state index in [9.17, 15) is 0 Å². The fourth-order valence-electron chi connectivity index (χ4n) is 5.49. The maximum atomic E-state index is 6.24. The first-order valence-corrected chi connectivity index (χ1v) is 14.3. The van der Waals surface area contributed by atoms with Crippen molar-refractivity contribution in [2.45, 2.75) is 117 Å². The molecule has 0 N–H and O–H groups in total. The molecule has 3 nitrogen and oxygen atoms in total. The summed E-state index contributed by atoms with van der Waals surface area (Å²) >= 11 is 0. The van der Waals surface area contributed by atoms with Gasteiger partial charge in [0.2, 0.25) is 0 Å². The first kappa shape index (κ1) is 26.7. The van der Waals surface area contributed by atoms with Gasteiger partial charge in [0.05, 0.1) is 12.3 Å². The van der Waals surface area contributed by atoms with Crippen molar-refractivity contribution in [3.8, 4) is 17.0 Å². The number of benzene rings is 1. The summed E-state index contributed by atoms with van der Waals surface area (Å²) in [7, 11) is 0. The zero-order chi connectivity index (χ0) is 23.8. The molecule has 0 aliphatic heterocycles. The normalized spacial score (nSPS) is 18.2. The fraction of sp³-hybridized carbons (Fsp3) is 0.677. The Morgan fingerprint density at radius 3 is 2.26 bits per heavy atom. The first-order valence-electron chi connectivity index (χ1n) is 14.3. The number of ether oxygens (including phenoxy) is 1. The van der Waals surface area contributed by atoms with Crippen LogP contribution in [0.2, 0.25) is 0 Å². The third kappa shape index (κ3) is 9.04. The van der Waals surface area contributed by atoms with E-state index in [2.05, 4.69) is 43.1 Å². The van der Waals surface area contributed by atoms with Crippen LogP contribution in [0.15, 0.2) is 36.8 Å². The summed E-state index contributed by atoms with van der Waals surface area (Å²) < 4.78 is 6.24. The van der Waals surface area contributed by atoms with E-state index in [4.69, 9.17) is 9.72 Å². The molecule has 0 radical (unpaired) electrons. The van der Waals surface area contributed by atoms with Gasteiger partial charge in [-0.3, -0.25) is 0 Å². The van der Waals surface area contributed by atoms with E-state index < -0.39 is 0 Å². The largest absolute Gasteiger partial charge is 0.493 e. The maximum Gasteiger partial charge on any atom is 0.128 e. The minimum absolute atomic E-state index is 0.783. The highest BCUT2D eigenvalue weighted by Gasteiger charge is 2.21. The lowest BCUT2D eigenvalue weighted by Crippen LogP contribution is -2.15. The van der Waals surface area contributed by atoms with Crippen LogP contribution in [0, 0.1) is 11.8 Å². The van der Waals surface area contributed by atoms with E-state index in [0.717, 1.165) is 48.3 Å². The molecule has 0 unspecified atom stereocenters. The van der Waals surface area contributed by atoms with Gasteiger partial charge in [-0.2, -0.15) is 0 Å². The summed E-state index contributed by atoms with van der Waals surface area (Å²) in [6.07, 6.45) is 25.0. The number of aryl methyl sites for hydroxylation is 1. The Balaban J connectivity index is 1.51. The van der Waals surface area contributed by atoms with Crippen LogP contribution in [0.1, 0.15) is 116 Å². The highest BCUT2D eigenvalue weighted by molar-refractivity contribution is 5.69. The molecule has 1 aliphatic carbocycles. The zero-order valence-corrected chi connectivity index (χ0v) is 21.9. The lowest BCUT2D eigenvalue weighted by molar-refractivity contribution is 0.249. The van der Waals surface area contributed by atoms with E-state index in [0.29, 0.717) is 0 Å². The predicted octanol–water partition coefficient (Wildman–Crippen LogP) is 9.20. The van der Waals surface area contributed by atoms with Gasteiger partial charge in [-0.25, -0.2) is 9.97 Å². The van der Waals surface area contributed by atoms with Gasteiger partial charge in [0, 0.05) is 11.8 Å². The Morgan fingerprint density at radius 1 is 0.794 bits per heavy atom. The lowest BCUT2D eigenvalue weighted by Gasteiger charge is -2.28. The highest BCUT2D eigenvalue weighted by atomic mass is 16.5. The van der Waals surface area contributed by atoms with Crippen LogP contribution < -0.4 is 4.74 Å². The number of hydrogen-bond donors (Lipinski definition) is 0. The molecule has 34 heavy (non-hydrogen) atoms. The quantitative estimate of drug-likeness (QED) is 0.232. The van der Waals surface area contributed by atoms with Crippen molar-refractivity contribution in [3.63, 3.8) is 0 Å². The molecule has 1 heterocycles. The van der Waals surface area contributed by atoms with Crippen molar-refractivity contribution in [1.29, 1.82) is 0 Å². The zero-order valence-electron chi connectivity index (χ0n) is 21.9. The van der Waals surface area contributed by atoms with E-state index in [1.54, 1.807) is 6.33 Å². The van der Waals surface area contributed by atoms with E-state index in [1.165, 1.54) is 95.5 Å². The summed E-state index contributed by atoms with van der Waals surface area (Å²) in [5.41, 5.74) is 3.44. The van der Waals surface area contributed by atoms with Crippen molar-refractivity contribution in [2.75, 3.05) is 6.61 Å². The van der Waals surface area contributed by atoms with E-state index in [1.807, 2.05) is 6.20 Å². The van der Waals surface area contributed by atoms with Crippen LogP contribution in [0.5, 0.6) is 5.75 Å². The van der Waals surface area contributed by atoms with Crippen LogP contribution in [-0.2, 0) is 6.42 Å². The van der Waals surface area contributed by atoms with Crippen LogP contribution in [0.3, 0.4) is 0 Å². The maximum absolute atomic E-state index is 6.24. The fourth-order valence-corrected chi connectivity index (χ4v) is 5.49. The molecule has 0 amide bonds. The molecule has 0 saturated heterocycles. The molecular formula is C31H48N2O.